The number of rotatable bonds is 4. The monoisotopic (exact) mass is 280 g/mol. The summed E-state index contributed by atoms with van der Waals surface area (Å²) in [7, 11) is 0. The maximum atomic E-state index is 14.4. The van der Waals surface area contributed by atoms with Crippen molar-refractivity contribution in [3.8, 4) is 0 Å². The molecule has 1 saturated heterocycles. The topological polar surface area (TPSA) is 50.4 Å². The van der Waals surface area contributed by atoms with E-state index >= 15 is 0 Å². The summed E-state index contributed by atoms with van der Waals surface area (Å²) >= 11 is 0. The third kappa shape index (κ3) is 4.81. The summed E-state index contributed by atoms with van der Waals surface area (Å²) in [5.41, 5.74) is -0.462. The van der Waals surface area contributed by atoms with Gasteiger partial charge in [0.25, 0.3) is 0 Å². The Morgan fingerprint density at radius 3 is 2.95 bits per heavy atom. The van der Waals surface area contributed by atoms with Crippen LogP contribution >= 0.6 is 0 Å². The van der Waals surface area contributed by atoms with Crippen LogP contribution < -0.4 is 10.6 Å². The van der Waals surface area contributed by atoms with Crippen molar-refractivity contribution in [1.82, 2.24) is 10.6 Å². The fourth-order valence-corrected chi connectivity index (χ4v) is 2.25. The van der Waals surface area contributed by atoms with E-state index in [1.165, 1.54) is 0 Å². The number of alkyl halides is 1. The molecular weight excluding hydrogens is 259 g/mol. The Morgan fingerprint density at radius 2 is 2.15 bits per heavy atom. The van der Waals surface area contributed by atoms with E-state index in [1.54, 1.807) is 0 Å². The SMILES string of the molecule is O=C(NCC1(F)CCCCNC1)OCc1ccccc1. The number of benzene rings is 1. The molecule has 1 aromatic rings. The zero-order valence-corrected chi connectivity index (χ0v) is 11.5. The van der Waals surface area contributed by atoms with Crippen molar-refractivity contribution >= 4 is 6.09 Å². The second-order valence-electron chi connectivity index (χ2n) is 5.20. The van der Waals surface area contributed by atoms with E-state index in [0.717, 1.165) is 24.9 Å². The molecule has 1 fully saturated rings. The van der Waals surface area contributed by atoms with E-state index in [4.69, 9.17) is 4.74 Å². The predicted molar refractivity (Wildman–Crippen MR) is 75.2 cm³/mol. The summed E-state index contributed by atoms with van der Waals surface area (Å²) in [5.74, 6) is 0. The highest BCUT2D eigenvalue weighted by molar-refractivity contribution is 5.67. The maximum Gasteiger partial charge on any atom is 0.407 e. The van der Waals surface area contributed by atoms with Crippen LogP contribution in [0, 0.1) is 0 Å². The van der Waals surface area contributed by atoms with Gasteiger partial charge in [-0.15, -0.1) is 0 Å². The molecule has 0 spiro atoms. The molecule has 0 saturated carbocycles. The first-order chi connectivity index (χ1) is 9.68. The highest BCUT2D eigenvalue weighted by atomic mass is 19.1. The van der Waals surface area contributed by atoms with Crippen molar-refractivity contribution in [3.63, 3.8) is 0 Å². The molecule has 4 nitrogen and oxygen atoms in total. The van der Waals surface area contributed by atoms with Gasteiger partial charge < -0.3 is 15.4 Å². The molecule has 1 atom stereocenters. The highest BCUT2D eigenvalue weighted by Crippen LogP contribution is 2.20. The Balaban J connectivity index is 1.71. The van der Waals surface area contributed by atoms with Gasteiger partial charge >= 0.3 is 6.09 Å². The van der Waals surface area contributed by atoms with Crippen LogP contribution in [0.4, 0.5) is 9.18 Å². The molecule has 5 heteroatoms. The fraction of sp³-hybridized carbons (Fsp3) is 0.533. The lowest BCUT2D eigenvalue weighted by Gasteiger charge is -2.23. The van der Waals surface area contributed by atoms with Crippen molar-refractivity contribution in [3.05, 3.63) is 35.9 Å². The number of amides is 1. The molecule has 0 radical (unpaired) electrons. The lowest BCUT2D eigenvalue weighted by Crippen LogP contribution is -2.45. The van der Waals surface area contributed by atoms with Crippen LogP contribution in [0.15, 0.2) is 30.3 Å². The average molecular weight is 280 g/mol. The molecule has 2 rings (SSSR count). The first kappa shape index (κ1) is 14.8. The number of halogens is 1. The van der Waals surface area contributed by atoms with Crippen LogP contribution in [-0.4, -0.2) is 31.4 Å². The number of hydrogen-bond acceptors (Lipinski definition) is 3. The van der Waals surface area contributed by atoms with E-state index in [1.807, 2.05) is 30.3 Å². The van der Waals surface area contributed by atoms with Crippen LogP contribution in [0.1, 0.15) is 24.8 Å². The van der Waals surface area contributed by atoms with E-state index in [0.29, 0.717) is 6.42 Å². The molecule has 1 amide bonds. The Morgan fingerprint density at radius 1 is 1.35 bits per heavy atom. The lowest BCUT2D eigenvalue weighted by atomic mass is 10.0. The minimum atomic E-state index is -1.37. The normalized spacial score (nSPS) is 22.9. The number of hydrogen-bond donors (Lipinski definition) is 2. The van der Waals surface area contributed by atoms with Crippen molar-refractivity contribution in [2.24, 2.45) is 0 Å². The average Bonchev–Trinajstić information content (AvgIpc) is 2.69. The van der Waals surface area contributed by atoms with E-state index in [2.05, 4.69) is 10.6 Å². The van der Waals surface area contributed by atoms with E-state index in [-0.39, 0.29) is 19.7 Å². The molecule has 1 aliphatic rings. The molecule has 1 unspecified atom stereocenters. The van der Waals surface area contributed by atoms with E-state index < -0.39 is 11.8 Å². The molecule has 20 heavy (non-hydrogen) atoms. The molecule has 0 aliphatic carbocycles. The van der Waals surface area contributed by atoms with Gasteiger partial charge in [0.05, 0.1) is 6.54 Å². The van der Waals surface area contributed by atoms with Crippen LogP contribution in [0.3, 0.4) is 0 Å². The molecule has 0 bridgehead atoms. The minimum Gasteiger partial charge on any atom is -0.445 e. The van der Waals surface area contributed by atoms with Gasteiger partial charge in [-0.2, -0.15) is 0 Å². The Kier molecular flexibility index (Phi) is 5.35. The second kappa shape index (κ2) is 7.24. The fourth-order valence-electron chi connectivity index (χ4n) is 2.25. The molecular formula is C15H21FN2O2. The summed E-state index contributed by atoms with van der Waals surface area (Å²) in [5, 5.41) is 5.57. The van der Waals surface area contributed by atoms with Gasteiger partial charge in [-0.25, -0.2) is 9.18 Å². The van der Waals surface area contributed by atoms with Crippen LogP contribution in [0.2, 0.25) is 0 Å². The first-order valence-corrected chi connectivity index (χ1v) is 7.02. The van der Waals surface area contributed by atoms with Crippen LogP contribution in [0.5, 0.6) is 0 Å². The number of carbonyl (C=O) groups is 1. The molecule has 110 valence electrons. The van der Waals surface area contributed by atoms with Gasteiger partial charge in [0.2, 0.25) is 0 Å². The van der Waals surface area contributed by atoms with Gasteiger partial charge in [-0.05, 0) is 31.4 Å². The molecule has 1 heterocycles. The number of alkyl carbamates (subject to hydrolysis) is 1. The van der Waals surface area contributed by atoms with Gasteiger partial charge in [-0.1, -0.05) is 30.3 Å². The van der Waals surface area contributed by atoms with Crippen LogP contribution in [0.25, 0.3) is 0 Å². The standard InChI is InChI=1S/C15H21FN2O2/c16-15(8-4-5-9-17-11-15)12-18-14(19)20-10-13-6-2-1-3-7-13/h1-3,6-7,17H,4-5,8-12H2,(H,18,19). The smallest absolute Gasteiger partial charge is 0.407 e. The summed E-state index contributed by atoms with van der Waals surface area (Å²) in [6.45, 7) is 1.31. The Hall–Kier alpha value is -1.62. The van der Waals surface area contributed by atoms with Crippen molar-refractivity contribution in [2.75, 3.05) is 19.6 Å². The molecule has 0 aromatic heterocycles. The summed E-state index contributed by atoms with van der Waals surface area (Å²) in [4.78, 5) is 11.6. The van der Waals surface area contributed by atoms with Gasteiger partial charge in [0, 0.05) is 6.54 Å². The zero-order valence-electron chi connectivity index (χ0n) is 11.5. The van der Waals surface area contributed by atoms with Gasteiger partial charge in [0.15, 0.2) is 0 Å². The van der Waals surface area contributed by atoms with Gasteiger partial charge in [0.1, 0.15) is 12.3 Å². The molecule has 1 aromatic carbocycles. The summed E-state index contributed by atoms with van der Waals surface area (Å²) in [6.07, 6.45) is 1.71. The quantitative estimate of drug-likeness (QED) is 0.890. The minimum absolute atomic E-state index is 0.00633. The number of nitrogens with one attached hydrogen (secondary N) is 2. The third-order valence-corrected chi connectivity index (χ3v) is 3.43. The molecule has 1 aliphatic heterocycles. The van der Waals surface area contributed by atoms with E-state index in [9.17, 15) is 9.18 Å². The predicted octanol–water partition coefficient (Wildman–Crippen LogP) is 2.39. The number of carbonyl (C=O) groups excluding carboxylic acids is 1. The largest absolute Gasteiger partial charge is 0.445 e. The number of ether oxygens (including phenoxy) is 1. The second-order valence-corrected chi connectivity index (χ2v) is 5.20. The highest BCUT2D eigenvalue weighted by Gasteiger charge is 2.31. The Bertz CT molecular complexity index is 417. The molecule has 2 N–H and O–H groups in total. The zero-order chi connectivity index (χ0) is 14.3. The van der Waals surface area contributed by atoms with Gasteiger partial charge in [-0.3, -0.25) is 0 Å². The van der Waals surface area contributed by atoms with Crippen molar-refractivity contribution in [1.29, 1.82) is 0 Å². The summed E-state index contributed by atoms with van der Waals surface area (Å²) < 4.78 is 19.5. The Labute approximate surface area is 118 Å². The third-order valence-electron chi connectivity index (χ3n) is 3.43. The maximum absolute atomic E-state index is 14.4. The van der Waals surface area contributed by atoms with Crippen molar-refractivity contribution < 1.29 is 13.9 Å². The first-order valence-electron chi connectivity index (χ1n) is 7.02. The van der Waals surface area contributed by atoms with Crippen molar-refractivity contribution in [2.45, 2.75) is 31.5 Å². The summed E-state index contributed by atoms with van der Waals surface area (Å²) in [6, 6.07) is 9.41. The van der Waals surface area contributed by atoms with Crippen LogP contribution in [-0.2, 0) is 11.3 Å². The lowest BCUT2D eigenvalue weighted by molar-refractivity contribution is 0.116.